The highest BCUT2D eigenvalue weighted by atomic mass is 16.5. The molecule has 0 bridgehead atoms. The maximum absolute atomic E-state index is 13.9. The van der Waals surface area contributed by atoms with Gasteiger partial charge < -0.3 is 10.1 Å². The van der Waals surface area contributed by atoms with E-state index in [2.05, 4.69) is 10.4 Å². The Bertz CT molecular complexity index is 1560. The molecule has 2 aromatic heterocycles. The van der Waals surface area contributed by atoms with Crippen LogP contribution in [0.3, 0.4) is 0 Å². The van der Waals surface area contributed by atoms with E-state index in [1.165, 1.54) is 10.9 Å². The van der Waals surface area contributed by atoms with E-state index in [0.29, 0.717) is 16.8 Å². The first kappa shape index (κ1) is 23.0. The highest BCUT2D eigenvalue weighted by Crippen LogP contribution is 2.31. The van der Waals surface area contributed by atoms with Gasteiger partial charge in [-0.15, -0.1) is 0 Å². The predicted molar refractivity (Wildman–Crippen MR) is 139 cm³/mol. The highest BCUT2D eigenvalue weighted by Gasteiger charge is 2.25. The van der Waals surface area contributed by atoms with Gasteiger partial charge in [0.05, 0.1) is 35.3 Å². The zero-order chi connectivity index (χ0) is 25.1. The third kappa shape index (κ3) is 4.22. The predicted octanol–water partition coefficient (Wildman–Crippen LogP) is 5.82. The van der Waals surface area contributed by atoms with Gasteiger partial charge in [-0.25, -0.2) is 14.5 Å². The molecule has 2 heterocycles. The zero-order valence-electron chi connectivity index (χ0n) is 19.9. The fraction of sp³-hybridized carbons (Fsp3) is 0.103. The number of fused-ring (bicyclic) bond motifs is 1. The molecule has 7 heteroatoms. The van der Waals surface area contributed by atoms with Crippen molar-refractivity contribution in [2.24, 2.45) is 0 Å². The normalized spacial score (nSPS) is 10.8. The van der Waals surface area contributed by atoms with Crippen LogP contribution in [0.1, 0.15) is 33.2 Å². The van der Waals surface area contributed by atoms with Crippen molar-refractivity contribution in [2.45, 2.75) is 13.8 Å². The van der Waals surface area contributed by atoms with Crippen LogP contribution >= 0.6 is 0 Å². The molecule has 5 rings (SSSR count). The minimum atomic E-state index is -0.559. The molecule has 36 heavy (non-hydrogen) atoms. The van der Waals surface area contributed by atoms with Crippen molar-refractivity contribution in [3.05, 3.63) is 108 Å². The number of amides is 1. The topological polar surface area (TPSA) is 86.1 Å². The van der Waals surface area contributed by atoms with Gasteiger partial charge in [0, 0.05) is 10.9 Å². The summed E-state index contributed by atoms with van der Waals surface area (Å²) < 4.78 is 6.75. The minimum absolute atomic E-state index is 0.174. The van der Waals surface area contributed by atoms with Gasteiger partial charge in [-0.3, -0.25) is 4.79 Å². The molecular formula is C29H24N4O3. The number of rotatable bonds is 6. The average Bonchev–Trinajstić information content (AvgIpc) is 3.33. The second-order valence-corrected chi connectivity index (χ2v) is 8.17. The SMILES string of the molecule is CCOC(=O)c1cnn(-c2ccccc2)c1NC(=O)c1c(C)c(-c2ccccc2)nc2ccccc12. The van der Waals surface area contributed by atoms with Gasteiger partial charge in [-0.1, -0.05) is 66.7 Å². The Kier molecular flexibility index (Phi) is 6.28. The summed E-state index contributed by atoms with van der Waals surface area (Å²) in [6, 6.07) is 26.6. The fourth-order valence-electron chi connectivity index (χ4n) is 4.24. The monoisotopic (exact) mass is 476 g/mol. The molecule has 0 saturated heterocycles. The molecule has 1 amide bonds. The second kappa shape index (κ2) is 9.84. The first-order valence-corrected chi connectivity index (χ1v) is 11.6. The number of esters is 1. The minimum Gasteiger partial charge on any atom is -0.462 e. The maximum atomic E-state index is 13.9. The largest absolute Gasteiger partial charge is 0.462 e. The molecule has 0 atom stereocenters. The molecule has 1 N–H and O–H groups in total. The van der Waals surface area contributed by atoms with Crippen LogP contribution in [0.4, 0.5) is 5.82 Å². The number of anilines is 1. The van der Waals surface area contributed by atoms with E-state index in [9.17, 15) is 9.59 Å². The Hall–Kier alpha value is -4.78. The number of para-hydroxylation sites is 2. The summed E-state index contributed by atoms with van der Waals surface area (Å²) in [5.41, 5.74) is 4.43. The molecular weight excluding hydrogens is 452 g/mol. The molecule has 7 nitrogen and oxygen atoms in total. The van der Waals surface area contributed by atoms with Gasteiger partial charge in [-0.2, -0.15) is 5.10 Å². The van der Waals surface area contributed by atoms with E-state index >= 15 is 0 Å². The van der Waals surface area contributed by atoms with Crippen molar-refractivity contribution in [1.29, 1.82) is 0 Å². The molecule has 0 unspecified atom stereocenters. The van der Waals surface area contributed by atoms with Gasteiger partial charge >= 0.3 is 5.97 Å². The van der Waals surface area contributed by atoms with Crippen molar-refractivity contribution >= 4 is 28.6 Å². The summed E-state index contributed by atoms with van der Waals surface area (Å²) in [5, 5.41) is 8.05. The lowest BCUT2D eigenvalue weighted by Gasteiger charge is -2.16. The van der Waals surface area contributed by atoms with E-state index in [4.69, 9.17) is 9.72 Å². The van der Waals surface area contributed by atoms with Crippen LogP contribution in [0.5, 0.6) is 0 Å². The second-order valence-electron chi connectivity index (χ2n) is 8.17. The van der Waals surface area contributed by atoms with E-state index < -0.39 is 5.97 Å². The summed E-state index contributed by atoms with van der Waals surface area (Å²) in [4.78, 5) is 31.5. The van der Waals surface area contributed by atoms with Crippen LogP contribution in [-0.4, -0.2) is 33.2 Å². The maximum Gasteiger partial charge on any atom is 0.343 e. The Balaban J connectivity index is 1.66. The number of pyridine rings is 1. The molecule has 0 aliphatic heterocycles. The van der Waals surface area contributed by atoms with Gasteiger partial charge in [0.1, 0.15) is 5.56 Å². The number of nitrogens with zero attached hydrogens (tertiary/aromatic N) is 3. The molecule has 0 spiro atoms. The summed E-state index contributed by atoms with van der Waals surface area (Å²) >= 11 is 0. The highest BCUT2D eigenvalue weighted by molar-refractivity contribution is 6.15. The number of carbonyl (C=O) groups is 2. The number of hydrogen-bond acceptors (Lipinski definition) is 5. The Morgan fingerprint density at radius 3 is 2.31 bits per heavy atom. The van der Waals surface area contributed by atoms with Crippen LogP contribution in [0, 0.1) is 6.92 Å². The van der Waals surface area contributed by atoms with Crippen LogP contribution in [0.15, 0.2) is 91.1 Å². The lowest BCUT2D eigenvalue weighted by Crippen LogP contribution is -2.20. The lowest BCUT2D eigenvalue weighted by molar-refractivity contribution is 0.0527. The summed E-state index contributed by atoms with van der Waals surface area (Å²) in [7, 11) is 0. The number of carbonyl (C=O) groups excluding carboxylic acids is 2. The van der Waals surface area contributed by atoms with E-state index in [0.717, 1.165) is 22.2 Å². The van der Waals surface area contributed by atoms with Gasteiger partial charge in [-0.05, 0) is 37.6 Å². The van der Waals surface area contributed by atoms with Crippen LogP contribution < -0.4 is 5.32 Å². The van der Waals surface area contributed by atoms with E-state index in [1.54, 1.807) is 6.92 Å². The third-order valence-electron chi connectivity index (χ3n) is 5.91. The molecule has 5 aromatic rings. The number of aromatic nitrogens is 3. The standard InChI is InChI=1S/C29H24N4O3/c1-3-36-29(35)23-18-30-33(21-14-8-5-9-15-21)27(23)32-28(34)25-19(2)26(20-12-6-4-7-13-20)31-24-17-11-10-16-22(24)25/h4-18H,3H2,1-2H3,(H,32,34). The molecule has 0 radical (unpaired) electrons. The lowest BCUT2D eigenvalue weighted by atomic mass is 9.97. The van der Waals surface area contributed by atoms with Crippen LogP contribution in [0.2, 0.25) is 0 Å². The van der Waals surface area contributed by atoms with E-state index in [-0.39, 0.29) is 23.9 Å². The van der Waals surface area contributed by atoms with Gasteiger partial charge in [0.15, 0.2) is 5.82 Å². The smallest absolute Gasteiger partial charge is 0.343 e. The first-order valence-electron chi connectivity index (χ1n) is 11.6. The molecule has 178 valence electrons. The van der Waals surface area contributed by atoms with Crippen molar-refractivity contribution < 1.29 is 14.3 Å². The van der Waals surface area contributed by atoms with Crippen molar-refractivity contribution in [3.8, 4) is 16.9 Å². The molecule has 0 aliphatic carbocycles. The Morgan fingerprint density at radius 2 is 1.58 bits per heavy atom. The van der Waals surface area contributed by atoms with Crippen LogP contribution in [0.25, 0.3) is 27.8 Å². The molecule has 0 fully saturated rings. The van der Waals surface area contributed by atoms with E-state index in [1.807, 2.05) is 91.9 Å². The number of ether oxygens (including phenoxy) is 1. The average molecular weight is 477 g/mol. The van der Waals surface area contributed by atoms with Crippen molar-refractivity contribution in [2.75, 3.05) is 11.9 Å². The number of hydrogen-bond donors (Lipinski definition) is 1. The fourth-order valence-corrected chi connectivity index (χ4v) is 4.24. The van der Waals surface area contributed by atoms with Crippen molar-refractivity contribution in [3.63, 3.8) is 0 Å². The molecule has 0 saturated carbocycles. The zero-order valence-corrected chi connectivity index (χ0v) is 19.9. The number of benzene rings is 3. The molecule has 0 aliphatic rings. The Labute approximate surface area is 208 Å². The summed E-state index contributed by atoms with van der Waals surface area (Å²) in [5.74, 6) is -0.686. The van der Waals surface area contributed by atoms with Crippen LogP contribution in [-0.2, 0) is 4.74 Å². The van der Waals surface area contributed by atoms with Gasteiger partial charge in [0.2, 0.25) is 0 Å². The quantitative estimate of drug-likeness (QED) is 0.312. The first-order chi connectivity index (χ1) is 17.6. The summed E-state index contributed by atoms with van der Waals surface area (Å²) in [6.45, 7) is 3.82. The summed E-state index contributed by atoms with van der Waals surface area (Å²) in [6.07, 6.45) is 1.41. The molecule has 3 aromatic carbocycles. The van der Waals surface area contributed by atoms with Crippen molar-refractivity contribution in [1.82, 2.24) is 14.8 Å². The Morgan fingerprint density at radius 1 is 0.917 bits per heavy atom. The third-order valence-corrected chi connectivity index (χ3v) is 5.91. The number of nitrogens with one attached hydrogen (secondary N) is 1. The van der Waals surface area contributed by atoms with Gasteiger partial charge in [0.25, 0.3) is 5.91 Å².